The Bertz CT molecular complexity index is 470. The van der Waals surface area contributed by atoms with E-state index in [2.05, 4.69) is 10.6 Å². The molecule has 2 heterocycles. The molecule has 2 aliphatic rings. The summed E-state index contributed by atoms with van der Waals surface area (Å²) in [5, 5.41) is 6.05. The predicted molar refractivity (Wildman–Crippen MR) is 71.5 cm³/mol. The van der Waals surface area contributed by atoms with Crippen molar-refractivity contribution in [2.45, 2.75) is 18.9 Å². The zero-order valence-corrected chi connectivity index (χ0v) is 10.8. The number of benzene rings is 1. The first-order valence-electron chi connectivity index (χ1n) is 6.72. The van der Waals surface area contributed by atoms with Crippen LogP contribution in [0.3, 0.4) is 0 Å². The summed E-state index contributed by atoms with van der Waals surface area (Å²) in [5.74, 6) is 0.837. The Morgan fingerprint density at radius 3 is 3.16 bits per heavy atom. The average molecular weight is 262 g/mol. The molecule has 5 nitrogen and oxygen atoms in total. The molecule has 0 saturated carbocycles. The smallest absolute Gasteiger partial charge is 0.254 e. The highest BCUT2D eigenvalue weighted by molar-refractivity contribution is 5.94. The van der Waals surface area contributed by atoms with Crippen LogP contribution in [0.5, 0.6) is 5.75 Å². The lowest BCUT2D eigenvalue weighted by Gasteiger charge is -2.23. The number of carbonyl (C=O) groups is 1. The van der Waals surface area contributed by atoms with Crippen LogP contribution in [0, 0.1) is 0 Å². The van der Waals surface area contributed by atoms with E-state index in [1.807, 2.05) is 18.2 Å². The van der Waals surface area contributed by atoms with Gasteiger partial charge in [0.1, 0.15) is 11.9 Å². The van der Waals surface area contributed by atoms with Crippen molar-refractivity contribution in [1.82, 2.24) is 5.32 Å². The number of ether oxygens (including phenoxy) is 2. The second-order valence-corrected chi connectivity index (χ2v) is 4.83. The van der Waals surface area contributed by atoms with Crippen molar-refractivity contribution in [2.24, 2.45) is 0 Å². The van der Waals surface area contributed by atoms with Crippen LogP contribution >= 0.6 is 0 Å². The second-order valence-electron chi connectivity index (χ2n) is 4.83. The van der Waals surface area contributed by atoms with E-state index in [0.717, 1.165) is 43.0 Å². The molecule has 5 heteroatoms. The van der Waals surface area contributed by atoms with Gasteiger partial charge in [-0.05, 0) is 36.6 Å². The first-order valence-corrected chi connectivity index (χ1v) is 6.72. The third-order valence-corrected chi connectivity index (χ3v) is 3.40. The quantitative estimate of drug-likeness (QED) is 0.832. The van der Waals surface area contributed by atoms with Crippen molar-refractivity contribution in [3.8, 4) is 5.75 Å². The molecule has 1 unspecified atom stereocenters. The summed E-state index contributed by atoms with van der Waals surface area (Å²) in [6.07, 6.45) is 1.63. The summed E-state index contributed by atoms with van der Waals surface area (Å²) < 4.78 is 11.0. The van der Waals surface area contributed by atoms with E-state index in [1.165, 1.54) is 0 Å². The largest absolute Gasteiger partial charge is 0.493 e. The summed E-state index contributed by atoms with van der Waals surface area (Å²) in [6, 6.07) is 5.78. The molecule has 2 N–H and O–H groups in total. The van der Waals surface area contributed by atoms with Crippen molar-refractivity contribution < 1.29 is 14.3 Å². The second kappa shape index (κ2) is 5.59. The molecule has 1 atom stereocenters. The van der Waals surface area contributed by atoms with Gasteiger partial charge < -0.3 is 20.1 Å². The van der Waals surface area contributed by atoms with Gasteiger partial charge in [-0.25, -0.2) is 0 Å². The van der Waals surface area contributed by atoms with Crippen LogP contribution < -0.4 is 15.4 Å². The maximum absolute atomic E-state index is 12.0. The topological polar surface area (TPSA) is 59.6 Å². The van der Waals surface area contributed by atoms with Crippen LogP contribution in [-0.4, -0.2) is 38.3 Å². The van der Waals surface area contributed by atoms with E-state index < -0.39 is 6.10 Å². The molecular formula is C14H18N2O3. The fraction of sp³-hybridized carbons (Fsp3) is 0.500. The molecule has 1 aromatic carbocycles. The number of morpholine rings is 1. The van der Waals surface area contributed by atoms with Gasteiger partial charge in [-0.2, -0.15) is 0 Å². The standard InChI is InChI=1S/C14H18N2O3/c17-14(13-9-15-5-7-19-13)16-11-3-4-12-10(8-11)2-1-6-18-12/h3-4,8,13,15H,1-2,5-7,9H2,(H,16,17). The van der Waals surface area contributed by atoms with E-state index in [-0.39, 0.29) is 5.91 Å². The number of hydrogen-bond acceptors (Lipinski definition) is 4. The van der Waals surface area contributed by atoms with Crippen molar-refractivity contribution in [3.05, 3.63) is 23.8 Å². The highest BCUT2D eigenvalue weighted by Gasteiger charge is 2.22. The molecule has 0 aliphatic carbocycles. The molecule has 1 saturated heterocycles. The first kappa shape index (κ1) is 12.4. The Morgan fingerprint density at radius 1 is 1.37 bits per heavy atom. The zero-order chi connectivity index (χ0) is 13.1. The van der Waals surface area contributed by atoms with E-state index in [9.17, 15) is 4.79 Å². The molecule has 0 aromatic heterocycles. The minimum atomic E-state index is -0.402. The van der Waals surface area contributed by atoms with Crippen molar-refractivity contribution in [2.75, 3.05) is 31.6 Å². The normalized spacial score (nSPS) is 22.2. The van der Waals surface area contributed by atoms with Crippen LogP contribution in [0.25, 0.3) is 0 Å². The monoisotopic (exact) mass is 262 g/mol. The van der Waals surface area contributed by atoms with Gasteiger partial charge in [-0.1, -0.05) is 0 Å². The average Bonchev–Trinajstić information content (AvgIpc) is 2.48. The lowest BCUT2D eigenvalue weighted by molar-refractivity contribution is -0.128. The van der Waals surface area contributed by atoms with Gasteiger partial charge in [0.25, 0.3) is 5.91 Å². The van der Waals surface area contributed by atoms with Gasteiger partial charge in [-0.3, -0.25) is 4.79 Å². The molecule has 0 bridgehead atoms. The maximum atomic E-state index is 12.0. The Morgan fingerprint density at radius 2 is 2.32 bits per heavy atom. The molecule has 2 aliphatic heterocycles. The van der Waals surface area contributed by atoms with Crippen LogP contribution in [-0.2, 0) is 16.0 Å². The van der Waals surface area contributed by atoms with Gasteiger partial charge in [0.2, 0.25) is 0 Å². The minimum Gasteiger partial charge on any atom is -0.493 e. The Hall–Kier alpha value is -1.59. The van der Waals surface area contributed by atoms with Crippen molar-refractivity contribution in [1.29, 1.82) is 0 Å². The van der Waals surface area contributed by atoms with E-state index in [4.69, 9.17) is 9.47 Å². The number of carbonyl (C=O) groups excluding carboxylic acids is 1. The Balaban J connectivity index is 1.67. The number of fused-ring (bicyclic) bond motifs is 1. The van der Waals surface area contributed by atoms with Gasteiger partial charge in [0.05, 0.1) is 13.2 Å². The molecular weight excluding hydrogens is 244 g/mol. The molecule has 1 amide bonds. The molecule has 3 rings (SSSR count). The summed E-state index contributed by atoms with van der Waals surface area (Å²) in [7, 11) is 0. The van der Waals surface area contributed by atoms with Crippen LogP contribution in [0.1, 0.15) is 12.0 Å². The first-order chi connectivity index (χ1) is 9.33. The third kappa shape index (κ3) is 2.88. The number of nitrogens with one attached hydrogen (secondary N) is 2. The molecule has 19 heavy (non-hydrogen) atoms. The summed E-state index contributed by atoms with van der Waals surface area (Å²) in [4.78, 5) is 12.0. The van der Waals surface area contributed by atoms with E-state index >= 15 is 0 Å². The number of rotatable bonds is 2. The summed E-state index contributed by atoms with van der Waals surface area (Å²) in [5.41, 5.74) is 1.97. The van der Waals surface area contributed by atoms with E-state index in [0.29, 0.717) is 13.2 Å². The number of amides is 1. The van der Waals surface area contributed by atoms with Crippen molar-refractivity contribution in [3.63, 3.8) is 0 Å². The predicted octanol–water partition coefficient (Wildman–Crippen LogP) is 0.938. The Kier molecular flexibility index (Phi) is 3.66. The van der Waals surface area contributed by atoms with Crippen LogP contribution in [0.2, 0.25) is 0 Å². The number of aryl methyl sites for hydroxylation is 1. The van der Waals surface area contributed by atoms with Crippen LogP contribution in [0.15, 0.2) is 18.2 Å². The fourth-order valence-corrected chi connectivity index (χ4v) is 2.39. The molecule has 102 valence electrons. The molecule has 1 fully saturated rings. The summed E-state index contributed by atoms with van der Waals surface area (Å²) >= 11 is 0. The van der Waals surface area contributed by atoms with Crippen molar-refractivity contribution >= 4 is 11.6 Å². The number of anilines is 1. The van der Waals surface area contributed by atoms with Gasteiger partial charge >= 0.3 is 0 Å². The third-order valence-electron chi connectivity index (χ3n) is 3.40. The highest BCUT2D eigenvalue weighted by Crippen LogP contribution is 2.27. The van der Waals surface area contributed by atoms with Gasteiger partial charge in [-0.15, -0.1) is 0 Å². The van der Waals surface area contributed by atoms with E-state index in [1.54, 1.807) is 0 Å². The lowest BCUT2D eigenvalue weighted by atomic mass is 10.1. The highest BCUT2D eigenvalue weighted by atomic mass is 16.5. The molecule has 0 radical (unpaired) electrons. The minimum absolute atomic E-state index is 0.0936. The number of hydrogen-bond donors (Lipinski definition) is 2. The summed E-state index contributed by atoms with van der Waals surface area (Å²) in [6.45, 7) is 2.73. The lowest BCUT2D eigenvalue weighted by Crippen LogP contribution is -2.45. The maximum Gasteiger partial charge on any atom is 0.254 e. The molecule has 1 aromatic rings. The zero-order valence-electron chi connectivity index (χ0n) is 10.8. The van der Waals surface area contributed by atoms with Gasteiger partial charge in [0, 0.05) is 18.8 Å². The van der Waals surface area contributed by atoms with Gasteiger partial charge in [0.15, 0.2) is 0 Å². The fourth-order valence-electron chi connectivity index (χ4n) is 2.39. The Labute approximate surface area is 112 Å². The molecule has 0 spiro atoms. The SMILES string of the molecule is O=C(Nc1ccc2c(c1)CCCO2)C1CNCCO1. The van der Waals surface area contributed by atoms with Crippen LogP contribution in [0.4, 0.5) is 5.69 Å².